The summed E-state index contributed by atoms with van der Waals surface area (Å²) in [6, 6.07) is 14.0. The number of nitrogens with one attached hydrogen (secondary N) is 2. The standard InChI is InChI=1S/C20H20ClN3O3/c1-13(14-8-9-18(26-2)19(10-14)27-3)24-20(25)15(11-22)12-23-17-7-5-4-6-16(17)21/h4-10,12-13,23H,1-3H3,(H,24,25)/b15-12-. The first-order valence-corrected chi connectivity index (χ1v) is 8.52. The minimum Gasteiger partial charge on any atom is -0.493 e. The van der Waals surface area contributed by atoms with Crippen LogP contribution >= 0.6 is 11.6 Å². The molecule has 0 spiro atoms. The number of hydrogen-bond donors (Lipinski definition) is 2. The van der Waals surface area contributed by atoms with Crippen molar-refractivity contribution in [1.82, 2.24) is 5.32 Å². The number of nitriles is 1. The van der Waals surface area contributed by atoms with Crippen LogP contribution in [0.3, 0.4) is 0 Å². The number of rotatable bonds is 7. The second-order valence-corrected chi connectivity index (χ2v) is 6.01. The molecule has 2 rings (SSSR count). The zero-order valence-corrected chi connectivity index (χ0v) is 16.0. The maximum Gasteiger partial charge on any atom is 0.263 e. The van der Waals surface area contributed by atoms with E-state index < -0.39 is 5.91 Å². The predicted octanol–water partition coefficient (Wildman–Crippen LogP) is 4.05. The molecule has 140 valence electrons. The van der Waals surface area contributed by atoms with E-state index in [9.17, 15) is 10.1 Å². The van der Waals surface area contributed by atoms with Crippen LogP contribution in [0, 0.1) is 11.3 Å². The SMILES string of the molecule is COc1ccc(C(C)NC(=O)/C(C#N)=C\Nc2ccccc2Cl)cc1OC. The Morgan fingerprint density at radius 3 is 2.52 bits per heavy atom. The third-order valence-electron chi connectivity index (χ3n) is 3.87. The summed E-state index contributed by atoms with van der Waals surface area (Å²) >= 11 is 6.05. The normalized spacial score (nSPS) is 11.9. The Balaban J connectivity index is 2.11. The Kier molecular flexibility index (Phi) is 7.09. The number of benzene rings is 2. The lowest BCUT2D eigenvalue weighted by molar-refractivity contribution is -0.117. The van der Waals surface area contributed by atoms with Gasteiger partial charge in [0.15, 0.2) is 11.5 Å². The van der Waals surface area contributed by atoms with Gasteiger partial charge in [0, 0.05) is 6.20 Å². The fraction of sp³-hybridized carbons (Fsp3) is 0.200. The van der Waals surface area contributed by atoms with Crippen molar-refractivity contribution in [1.29, 1.82) is 5.26 Å². The topological polar surface area (TPSA) is 83.4 Å². The van der Waals surface area contributed by atoms with E-state index in [0.29, 0.717) is 22.2 Å². The highest BCUT2D eigenvalue weighted by molar-refractivity contribution is 6.33. The summed E-state index contributed by atoms with van der Waals surface area (Å²) in [4.78, 5) is 12.4. The predicted molar refractivity (Wildman–Crippen MR) is 105 cm³/mol. The molecule has 0 fully saturated rings. The fourth-order valence-electron chi connectivity index (χ4n) is 2.36. The van der Waals surface area contributed by atoms with Crippen molar-refractivity contribution in [3.8, 4) is 17.6 Å². The average molecular weight is 386 g/mol. The van der Waals surface area contributed by atoms with Gasteiger partial charge in [-0.1, -0.05) is 29.8 Å². The van der Waals surface area contributed by atoms with E-state index in [1.807, 2.05) is 19.1 Å². The maximum absolute atomic E-state index is 12.4. The lowest BCUT2D eigenvalue weighted by Crippen LogP contribution is -2.28. The Hall–Kier alpha value is -3.17. The summed E-state index contributed by atoms with van der Waals surface area (Å²) in [7, 11) is 3.10. The van der Waals surface area contributed by atoms with E-state index in [1.165, 1.54) is 6.20 Å². The summed E-state index contributed by atoms with van der Waals surface area (Å²) < 4.78 is 10.5. The van der Waals surface area contributed by atoms with Crippen molar-refractivity contribution in [2.24, 2.45) is 0 Å². The number of carbonyl (C=O) groups is 1. The molecular formula is C20H20ClN3O3. The van der Waals surface area contributed by atoms with Crippen molar-refractivity contribution in [2.75, 3.05) is 19.5 Å². The van der Waals surface area contributed by atoms with Crippen molar-refractivity contribution in [3.05, 3.63) is 64.8 Å². The smallest absolute Gasteiger partial charge is 0.263 e. The quantitative estimate of drug-likeness (QED) is 0.554. The summed E-state index contributed by atoms with van der Waals surface area (Å²) in [5, 5.41) is 15.4. The first-order valence-electron chi connectivity index (χ1n) is 8.14. The van der Waals surface area contributed by atoms with Crippen molar-refractivity contribution >= 4 is 23.2 Å². The lowest BCUT2D eigenvalue weighted by atomic mass is 10.1. The molecule has 1 atom stereocenters. The number of nitrogens with zero attached hydrogens (tertiary/aromatic N) is 1. The molecule has 27 heavy (non-hydrogen) atoms. The molecule has 2 aromatic carbocycles. The molecule has 7 heteroatoms. The number of hydrogen-bond acceptors (Lipinski definition) is 5. The second-order valence-electron chi connectivity index (χ2n) is 5.60. The largest absolute Gasteiger partial charge is 0.493 e. The van der Waals surface area contributed by atoms with E-state index in [2.05, 4.69) is 10.6 Å². The number of methoxy groups -OCH3 is 2. The van der Waals surface area contributed by atoms with Gasteiger partial charge in [0.05, 0.1) is 31.0 Å². The van der Waals surface area contributed by atoms with Gasteiger partial charge in [-0.3, -0.25) is 4.79 Å². The van der Waals surface area contributed by atoms with E-state index in [-0.39, 0.29) is 11.6 Å². The van der Waals surface area contributed by atoms with Gasteiger partial charge < -0.3 is 20.1 Å². The summed E-state index contributed by atoms with van der Waals surface area (Å²) in [5.41, 5.74) is 1.35. The Labute approximate surface area is 163 Å². The number of halogens is 1. The van der Waals surface area contributed by atoms with Crippen molar-refractivity contribution in [2.45, 2.75) is 13.0 Å². The number of para-hydroxylation sites is 1. The highest BCUT2D eigenvalue weighted by atomic mass is 35.5. The number of ether oxygens (including phenoxy) is 2. The van der Waals surface area contributed by atoms with Gasteiger partial charge in [0.1, 0.15) is 11.6 Å². The van der Waals surface area contributed by atoms with Crippen LogP contribution in [0.4, 0.5) is 5.69 Å². The number of amides is 1. The van der Waals surface area contributed by atoms with Crippen molar-refractivity contribution in [3.63, 3.8) is 0 Å². The molecule has 0 heterocycles. The Morgan fingerprint density at radius 2 is 1.89 bits per heavy atom. The highest BCUT2D eigenvalue weighted by Gasteiger charge is 2.15. The summed E-state index contributed by atoms with van der Waals surface area (Å²) in [6.45, 7) is 1.82. The Morgan fingerprint density at radius 1 is 1.19 bits per heavy atom. The van der Waals surface area contributed by atoms with Gasteiger partial charge in [0.2, 0.25) is 0 Å². The molecule has 0 bridgehead atoms. The van der Waals surface area contributed by atoms with Crippen LogP contribution < -0.4 is 20.1 Å². The van der Waals surface area contributed by atoms with Gasteiger partial charge in [0.25, 0.3) is 5.91 Å². The lowest BCUT2D eigenvalue weighted by Gasteiger charge is -2.16. The highest BCUT2D eigenvalue weighted by Crippen LogP contribution is 2.30. The molecule has 2 aromatic rings. The molecule has 0 saturated carbocycles. The van der Waals surface area contributed by atoms with Gasteiger partial charge in [-0.25, -0.2) is 0 Å². The minimum absolute atomic E-state index is 0.0674. The molecule has 6 nitrogen and oxygen atoms in total. The number of anilines is 1. The van der Waals surface area contributed by atoms with Crippen molar-refractivity contribution < 1.29 is 14.3 Å². The van der Waals surface area contributed by atoms with Crippen LogP contribution in [-0.4, -0.2) is 20.1 Å². The van der Waals surface area contributed by atoms with Crippen LogP contribution in [0.2, 0.25) is 5.02 Å². The number of carbonyl (C=O) groups excluding carboxylic acids is 1. The van der Waals surface area contributed by atoms with Crippen LogP contribution in [-0.2, 0) is 4.79 Å². The first kappa shape index (κ1) is 20.1. The van der Waals surface area contributed by atoms with E-state index >= 15 is 0 Å². The van der Waals surface area contributed by atoms with E-state index in [0.717, 1.165) is 5.56 Å². The van der Waals surface area contributed by atoms with Gasteiger partial charge in [-0.05, 0) is 36.8 Å². The monoisotopic (exact) mass is 385 g/mol. The van der Waals surface area contributed by atoms with E-state index in [4.69, 9.17) is 21.1 Å². The summed E-state index contributed by atoms with van der Waals surface area (Å²) in [6.07, 6.45) is 1.33. The van der Waals surface area contributed by atoms with Gasteiger partial charge in [-0.2, -0.15) is 5.26 Å². The van der Waals surface area contributed by atoms with Crippen LogP contribution in [0.25, 0.3) is 0 Å². The third kappa shape index (κ3) is 5.16. The molecule has 0 saturated heterocycles. The zero-order chi connectivity index (χ0) is 19.8. The molecule has 0 aliphatic carbocycles. The molecular weight excluding hydrogens is 366 g/mol. The van der Waals surface area contributed by atoms with Crippen LogP contribution in [0.1, 0.15) is 18.5 Å². The molecule has 0 aromatic heterocycles. The second kappa shape index (κ2) is 9.51. The van der Waals surface area contributed by atoms with Crippen LogP contribution in [0.5, 0.6) is 11.5 Å². The molecule has 0 aliphatic rings. The Bertz CT molecular complexity index is 890. The molecule has 1 unspecified atom stereocenters. The van der Waals surface area contributed by atoms with Gasteiger partial charge in [-0.15, -0.1) is 0 Å². The molecule has 1 amide bonds. The molecule has 2 N–H and O–H groups in total. The third-order valence-corrected chi connectivity index (χ3v) is 4.20. The fourth-order valence-corrected chi connectivity index (χ4v) is 2.55. The van der Waals surface area contributed by atoms with Crippen LogP contribution in [0.15, 0.2) is 54.2 Å². The van der Waals surface area contributed by atoms with Gasteiger partial charge >= 0.3 is 0 Å². The maximum atomic E-state index is 12.4. The average Bonchev–Trinajstić information content (AvgIpc) is 2.69. The summed E-state index contributed by atoms with van der Waals surface area (Å²) in [5.74, 6) is 0.660. The molecule has 0 radical (unpaired) electrons. The zero-order valence-electron chi connectivity index (χ0n) is 15.2. The molecule has 0 aliphatic heterocycles. The first-order chi connectivity index (χ1) is 13.0. The van der Waals surface area contributed by atoms with E-state index in [1.54, 1.807) is 50.6 Å². The minimum atomic E-state index is -0.501.